The molecule has 0 amide bonds. The van der Waals surface area contributed by atoms with Gasteiger partial charge in [-0.1, -0.05) is 39.7 Å². The molecule has 0 heterocycles. The average Bonchev–Trinajstić information content (AvgIpc) is 2.40. The third-order valence-corrected chi connectivity index (χ3v) is 4.21. The first-order chi connectivity index (χ1) is 9.52. The number of halogens is 2. The second-order valence-electron chi connectivity index (χ2n) is 4.84. The first kappa shape index (κ1) is 15.4. The van der Waals surface area contributed by atoms with Crippen molar-refractivity contribution in [1.29, 1.82) is 0 Å². The standard InChI is InChI=1S/C17H18BrClO/c1-4-20-16-8-6-13(18)10-15(16)17(19)14-7-5-11(2)9-12(14)3/h5-10,17H,4H2,1-3H3. The molecule has 2 aromatic carbocycles. The van der Waals surface area contributed by atoms with E-state index in [1.807, 2.05) is 25.1 Å². The highest BCUT2D eigenvalue weighted by Gasteiger charge is 2.18. The number of benzene rings is 2. The topological polar surface area (TPSA) is 9.23 Å². The van der Waals surface area contributed by atoms with Gasteiger partial charge in [-0.05, 0) is 50.1 Å². The zero-order chi connectivity index (χ0) is 14.7. The van der Waals surface area contributed by atoms with Crippen LogP contribution in [0.2, 0.25) is 0 Å². The van der Waals surface area contributed by atoms with Crippen LogP contribution in [0.3, 0.4) is 0 Å². The van der Waals surface area contributed by atoms with Gasteiger partial charge in [0.2, 0.25) is 0 Å². The molecule has 0 bridgehead atoms. The minimum absolute atomic E-state index is 0.213. The van der Waals surface area contributed by atoms with Gasteiger partial charge in [0, 0.05) is 10.0 Å². The zero-order valence-electron chi connectivity index (χ0n) is 11.9. The summed E-state index contributed by atoms with van der Waals surface area (Å²) in [4.78, 5) is 0. The van der Waals surface area contributed by atoms with Crippen molar-refractivity contribution in [2.45, 2.75) is 26.1 Å². The number of ether oxygens (including phenoxy) is 1. The largest absolute Gasteiger partial charge is 0.494 e. The van der Waals surface area contributed by atoms with Gasteiger partial charge in [0.05, 0.1) is 12.0 Å². The number of aryl methyl sites for hydroxylation is 2. The van der Waals surface area contributed by atoms with E-state index < -0.39 is 0 Å². The van der Waals surface area contributed by atoms with Gasteiger partial charge in [0.1, 0.15) is 5.75 Å². The van der Waals surface area contributed by atoms with E-state index in [1.54, 1.807) is 0 Å². The van der Waals surface area contributed by atoms with Gasteiger partial charge in [-0.3, -0.25) is 0 Å². The highest BCUT2D eigenvalue weighted by Crippen LogP contribution is 2.38. The van der Waals surface area contributed by atoms with Gasteiger partial charge in [0.25, 0.3) is 0 Å². The van der Waals surface area contributed by atoms with Gasteiger partial charge in [0.15, 0.2) is 0 Å². The summed E-state index contributed by atoms with van der Waals surface area (Å²) in [6.45, 7) is 6.79. The van der Waals surface area contributed by atoms with Gasteiger partial charge in [-0.15, -0.1) is 11.6 Å². The average molecular weight is 354 g/mol. The highest BCUT2D eigenvalue weighted by molar-refractivity contribution is 9.10. The Morgan fingerprint density at radius 1 is 1.10 bits per heavy atom. The second kappa shape index (κ2) is 6.64. The molecule has 2 aromatic rings. The molecule has 0 aromatic heterocycles. The van der Waals surface area contributed by atoms with E-state index in [4.69, 9.17) is 16.3 Å². The van der Waals surface area contributed by atoms with E-state index in [0.717, 1.165) is 21.3 Å². The van der Waals surface area contributed by atoms with Crippen molar-refractivity contribution in [3.05, 3.63) is 63.1 Å². The maximum Gasteiger partial charge on any atom is 0.124 e. The van der Waals surface area contributed by atoms with Crippen LogP contribution in [-0.4, -0.2) is 6.61 Å². The Morgan fingerprint density at radius 3 is 2.50 bits per heavy atom. The Labute approximate surface area is 134 Å². The predicted octanol–water partition coefficient (Wildman–Crippen LogP) is 5.79. The Kier molecular flexibility index (Phi) is 5.11. The molecular weight excluding hydrogens is 336 g/mol. The molecule has 0 aliphatic carbocycles. The normalized spacial score (nSPS) is 12.2. The summed E-state index contributed by atoms with van der Waals surface area (Å²) in [6, 6.07) is 12.3. The molecule has 0 saturated carbocycles. The molecule has 0 N–H and O–H groups in total. The molecule has 1 nitrogen and oxygen atoms in total. The fourth-order valence-corrected chi connectivity index (χ4v) is 3.08. The third kappa shape index (κ3) is 3.36. The van der Waals surface area contributed by atoms with Crippen LogP contribution in [-0.2, 0) is 0 Å². The maximum absolute atomic E-state index is 6.70. The Balaban J connectivity index is 2.46. The lowest BCUT2D eigenvalue weighted by Gasteiger charge is -2.18. The molecule has 0 radical (unpaired) electrons. The second-order valence-corrected chi connectivity index (χ2v) is 6.19. The lowest BCUT2D eigenvalue weighted by Crippen LogP contribution is -2.02. The SMILES string of the molecule is CCOc1ccc(Br)cc1C(Cl)c1ccc(C)cc1C. The van der Waals surface area contributed by atoms with E-state index in [0.29, 0.717) is 6.61 Å². The van der Waals surface area contributed by atoms with Crippen LogP contribution in [0.25, 0.3) is 0 Å². The predicted molar refractivity (Wildman–Crippen MR) is 88.9 cm³/mol. The summed E-state index contributed by atoms with van der Waals surface area (Å²) in [5.41, 5.74) is 4.56. The molecule has 1 atom stereocenters. The van der Waals surface area contributed by atoms with E-state index in [9.17, 15) is 0 Å². The molecular formula is C17H18BrClO. The maximum atomic E-state index is 6.70. The molecule has 0 saturated heterocycles. The van der Waals surface area contributed by atoms with E-state index in [2.05, 4.69) is 48.0 Å². The summed E-state index contributed by atoms with van der Waals surface area (Å²) < 4.78 is 6.70. The fraction of sp³-hybridized carbons (Fsp3) is 0.294. The van der Waals surface area contributed by atoms with Crippen LogP contribution in [0.15, 0.2) is 40.9 Å². The number of hydrogen-bond donors (Lipinski definition) is 0. The quantitative estimate of drug-likeness (QED) is 0.632. The van der Waals surface area contributed by atoms with Crippen molar-refractivity contribution in [3.8, 4) is 5.75 Å². The molecule has 0 fully saturated rings. The van der Waals surface area contributed by atoms with Gasteiger partial charge < -0.3 is 4.74 Å². The van der Waals surface area contributed by atoms with Crippen LogP contribution in [0.4, 0.5) is 0 Å². The van der Waals surface area contributed by atoms with Gasteiger partial charge in [-0.25, -0.2) is 0 Å². The van der Waals surface area contributed by atoms with Crippen molar-refractivity contribution < 1.29 is 4.74 Å². The van der Waals surface area contributed by atoms with Crippen molar-refractivity contribution in [3.63, 3.8) is 0 Å². The van der Waals surface area contributed by atoms with Gasteiger partial charge in [-0.2, -0.15) is 0 Å². The van der Waals surface area contributed by atoms with E-state index >= 15 is 0 Å². The monoisotopic (exact) mass is 352 g/mol. The smallest absolute Gasteiger partial charge is 0.124 e. The summed E-state index contributed by atoms with van der Waals surface area (Å²) >= 11 is 10.2. The Morgan fingerprint density at radius 2 is 1.85 bits per heavy atom. The first-order valence-electron chi connectivity index (χ1n) is 6.66. The van der Waals surface area contributed by atoms with Crippen LogP contribution >= 0.6 is 27.5 Å². The summed E-state index contributed by atoms with van der Waals surface area (Å²) in [5.74, 6) is 0.843. The van der Waals surface area contributed by atoms with Crippen molar-refractivity contribution in [1.82, 2.24) is 0 Å². The molecule has 0 aliphatic heterocycles. The first-order valence-corrected chi connectivity index (χ1v) is 7.89. The zero-order valence-corrected chi connectivity index (χ0v) is 14.3. The minimum Gasteiger partial charge on any atom is -0.494 e. The van der Waals surface area contributed by atoms with Crippen LogP contribution < -0.4 is 4.74 Å². The van der Waals surface area contributed by atoms with E-state index in [-0.39, 0.29) is 5.38 Å². The van der Waals surface area contributed by atoms with Crippen LogP contribution in [0.5, 0.6) is 5.75 Å². The van der Waals surface area contributed by atoms with Crippen molar-refractivity contribution in [2.24, 2.45) is 0 Å². The van der Waals surface area contributed by atoms with Crippen LogP contribution in [0.1, 0.15) is 34.6 Å². The van der Waals surface area contributed by atoms with Crippen LogP contribution in [0, 0.1) is 13.8 Å². The highest BCUT2D eigenvalue weighted by atomic mass is 79.9. The lowest BCUT2D eigenvalue weighted by atomic mass is 9.98. The molecule has 2 rings (SSSR count). The third-order valence-electron chi connectivity index (χ3n) is 3.24. The fourth-order valence-electron chi connectivity index (χ4n) is 2.28. The summed E-state index contributed by atoms with van der Waals surface area (Å²) in [6.07, 6.45) is 0. The van der Waals surface area contributed by atoms with Crippen molar-refractivity contribution >= 4 is 27.5 Å². The lowest BCUT2D eigenvalue weighted by molar-refractivity contribution is 0.337. The molecule has 0 aliphatic rings. The molecule has 20 heavy (non-hydrogen) atoms. The number of hydrogen-bond acceptors (Lipinski definition) is 1. The number of alkyl halides is 1. The Bertz CT molecular complexity index is 610. The minimum atomic E-state index is -0.213. The van der Waals surface area contributed by atoms with Gasteiger partial charge >= 0.3 is 0 Å². The van der Waals surface area contributed by atoms with Crippen molar-refractivity contribution in [2.75, 3.05) is 6.61 Å². The summed E-state index contributed by atoms with van der Waals surface area (Å²) in [5, 5.41) is -0.213. The number of rotatable bonds is 4. The molecule has 1 unspecified atom stereocenters. The summed E-state index contributed by atoms with van der Waals surface area (Å²) in [7, 11) is 0. The molecule has 106 valence electrons. The Hall–Kier alpha value is -0.990. The van der Waals surface area contributed by atoms with E-state index in [1.165, 1.54) is 11.1 Å². The molecule has 0 spiro atoms. The molecule has 3 heteroatoms.